The van der Waals surface area contributed by atoms with E-state index in [9.17, 15) is 22.4 Å². The molecule has 6 nitrogen and oxygen atoms in total. The number of hydrogen-bond acceptors (Lipinski definition) is 4. The number of benzene rings is 3. The molecular weight excluding hydrogens is 479 g/mol. The number of rotatable bonds is 8. The van der Waals surface area contributed by atoms with Crippen LogP contribution in [0.25, 0.3) is 0 Å². The van der Waals surface area contributed by atoms with E-state index < -0.39 is 27.5 Å². The third-order valence-electron chi connectivity index (χ3n) is 5.24. The Bertz CT molecular complexity index is 1290. The summed E-state index contributed by atoms with van der Waals surface area (Å²) in [5.41, 5.74) is 1.49. The zero-order valence-corrected chi connectivity index (χ0v) is 20.2. The van der Waals surface area contributed by atoms with Gasteiger partial charge in [0.05, 0.1) is 28.7 Å². The lowest BCUT2D eigenvalue weighted by Crippen LogP contribution is -2.27. The molecule has 0 saturated heterocycles. The van der Waals surface area contributed by atoms with E-state index >= 15 is 0 Å². The Labute approximate surface area is 203 Å². The van der Waals surface area contributed by atoms with E-state index in [4.69, 9.17) is 11.6 Å². The van der Waals surface area contributed by atoms with Crippen LogP contribution in [-0.2, 0) is 21.1 Å². The van der Waals surface area contributed by atoms with Crippen LogP contribution >= 0.6 is 11.6 Å². The lowest BCUT2D eigenvalue weighted by atomic mass is 10.1. The summed E-state index contributed by atoms with van der Waals surface area (Å²) in [4.78, 5) is 25.0. The van der Waals surface area contributed by atoms with Gasteiger partial charge in [-0.3, -0.25) is 9.59 Å². The van der Waals surface area contributed by atoms with E-state index in [1.807, 2.05) is 0 Å². The van der Waals surface area contributed by atoms with Crippen LogP contribution in [0.15, 0.2) is 71.6 Å². The maximum Gasteiger partial charge on any atom is 0.254 e. The molecule has 3 aromatic carbocycles. The summed E-state index contributed by atoms with van der Waals surface area (Å²) in [6.45, 7) is 3.34. The second kappa shape index (κ2) is 10.8. The van der Waals surface area contributed by atoms with Crippen LogP contribution in [0.5, 0.6) is 0 Å². The third-order valence-corrected chi connectivity index (χ3v) is 7.24. The van der Waals surface area contributed by atoms with E-state index in [1.54, 1.807) is 50.2 Å². The minimum Gasteiger partial charge on any atom is -0.345 e. The number of hydrogen-bond donors (Lipinski definition) is 2. The molecule has 0 heterocycles. The zero-order chi connectivity index (χ0) is 24.9. The van der Waals surface area contributed by atoms with Crippen LogP contribution in [0, 0.1) is 5.82 Å². The van der Waals surface area contributed by atoms with Crippen LogP contribution in [0.1, 0.15) is 41.4 Å². The van der Waals surface area contributed by atoms with Crippen LogP contribution in [0.3, 0.4) is 0 Å². The summed E-state index contributed by atoms with van der Waals surface area (Å²) in [6, 6.07) is 16.5. The first-order valence-corrected chi connectivity index (χ1v) is 12.6. The molecule has 1 atom stereocenters. The Kier molecular flexibility index (Phi) is 8.06. The van der Waals surface area contributed by atoms with Crippen LogP contribution in [0.2, 0.25) is 5.02 Å². The maximum absolute atomic E-state index is 14.6. The quantitative estimate of drug-likeness (QED) is 0.456. The van der Waals surface area contributed by atoms with Gasteiger partial charge < -0.3 is 10.6 Å². The van der Waals surface area contributed by atoms with Crippen molar-refractivity contribution in [3.63, 3.8) is 0 Å². The first-order chi connectivity index (χ1) is 16.1. The fourth-order valence-electron chi connectivity index (χ4n) is 3.26. The summed E-state index contributed by atoms with van der Waals surface area (Å²) < 4.78 is 38.3. The van der Waals surface area contributed by atoms with Crippen molar-refractivity contribution in [1.82, 2.24) is 5.32 Å². The Morgan fingerprint density at radius 2 is 1.65 bits per heavy atom. The number of nitrogens with one attached hydrogen (secondary N) is 2. The summed E-state index contributed by atoms with van der Waals surface area (Å²) in [5, 5.41) is 5.89. The van der Waals surface area contributed by atoms with E-state index in [2.05, 4.69) is 10.6 Å². The van der Waals surface area contributed by atoms with E-state index in [1.165, 1.54) is 24.3 Å². The highest BCUT2D eigenvalue weighted by Crippen LogP contribution is 2.19. The average Bonchev–Trinajstić information content (AvgIpc) is 2.79. The molecule has 0 aromatic heterocycles. The topological polar surface area (TPSA) is 92.3 Å². The molecule has 0 spiro atoms. The van der Waals surface area contributed by atoms with E-state index in [0.29, 0.717) is 10.6 Å². The summed E-state index contributed by atoms with van der Waals surface area (Å²) >= 11 is 5.87. The second-order valence-electron chi connectivity index (χ2n) is 7.71. The SMILES string of the molecule is CCS(=O)(=O)c1ccc(CC(=O)Nc2ccc(C(=O)NC(C)c3ccc(Cl)cc3)c(F)c2)cc1. The molecule has 3 rings (SSSR count). The van der Waals surface area contributed by atoms with Crippen molar-refractivity contribution in [2.24, 2.45) is 0 Å². The Balaban J connectivity index is 1.61. The molecule has 2 N–H and O–H groups in total. The van der Waals surface area contributed by atoms with Crippen LogP contribution in [-0.4, -0.2) is 26.0 Å². The predicted molar refractivity (Wildman–Crippen MR) is 130 cm³/mol. The Morgan fingerprint density at radius 1 is 1.00 bits per heavy atom. The predicted octanol–water partition coefficient (Wildman–Crippen LogP) is 4.94. The molecule has 2 amide bonds. The van der Waals surface area contributed by atoms with Crippen molar-refractivity contribution in [1.29, 1.82) is 0 Å². The van der Waals surface area contributed by atoms with Crippen molar-refractivity contribution in [3.8, 4) is 0 Å². The van der Waals surface area contributed by atoms with Crippen molar-refractivity contribution >= 4 is 38.9 Å². The van der Waals surface area contributed by atoms with Gasteiger partial charge in [0, 0.05) is 10.7 Å². The Hall–Kier alpha value is -3.23. The third kappa shape index (κ3) is 6.42. The van der Waals surface area contributed by atoms with Crippen LogP contribution < -0.4 is 10.6 Å². The van der Waals surface area contributed by atoms with Gasteiger partial charge in [-0.1, -0.05) is 42.8 Å². The van der Waals surface area contributed by atoms with Crippen molar-refractivity contribution in [2.75, 3.05) is 11.1 Å². The number of anilines is 1. The monoisotopic (exact) mass is 502 g/mol. The van der Waals surface area contributed by atoms with E-state index in [0.717, 1.165) is 11.6 Å². The molecular formula is C25H24ClFN2O4S. The molecule has 0 aliphatic heterocycles. The molecule has 3 aromatic rings. The number of carbonyl (C=O) groups is 2. The highest BCUT2D eigenvalue weighted by atomic mass is 35.5. The molecule has 0 bridgehead atoms. The Morgan fingerprint density at radius 3 is 2.24 bits per heavy atom. The fourth-order valence-corrected chi connectivity index (χ4v) is 4.27. The average molecular weight is 503 g/mol. The van der Waals surface area contributed by atoms with Gasteiger partial charge in [0.25, 0.3) is 5.91 Å². The molecule has 0 aliphatic rings. The van der Waals surface area contributed by atoms with Crippen molar-refractivity contribution in [3.05, 3.63) is 94.3 Å². The van der Waals surface area contributed by atoms with Crippen molar-refractivity contribution < 1.29 is 22.4 Å². The summed E-state index contributed by atoms with van der Waals surface area (Å²) in [7, 11) is -3.31. The molecule has 0 aliphatic carbocycles. The number of amides is 2. The first kappa shape index (κ1) is 25.4. The molecule has 34 heavy (non-hydrogen) atoms. The van der Waals surface area contributed by atoms with Gasteiger partial charge in [0.2, 0.25) is 5.91 Å². The largest absolute Gasteiger partial charge is 0.345 e. The van der Waals surface area contributed by atoms with Gasteiger partial charge in [0.15, 0.2) is 9.84 Å². The fraction of sp³-hybridized carbons (Fsp3) is 0.200. The molecule has 0 radical (unpaired) electrons. The van der Waals surface area contributed by atoms with Crippen molar-refractivity contribution in [2.45, 2.75) is 31.2 Å². The zero-order valence-electron chi connectivity index (χ0n) is 18.6. The maximum atomic E-state index is 14.6. The van der Waals surface area contributed by atoms with Gasteiger partial charge in [-0.25, -0.2) is 12.8 Å². The summed E-state index contributed by atoms with van der Waals surface area (Å²) in [6.07, 6.45) is -0.0189. The first-order valence-electron chi connectivity index (χ1n) is 10.6. The molecule has 9 heteroatoms. The van der Waals surface area contributed by atoms with Gasteiger partial charge >= 0.3 is 0 Å². The standard InChI is InChI=1S/C25H24ClFN2O4S/c1-3-34(32,33)21-11-4-17(5-12-21)14-24(30)29-20-10-13-22(23(27)15-20)25(31)28-16(2)18-6-8-19(26)9-7-18/h4-13,15-16H,3,14H2,1-2H3,(H,28,31)(H,29,30). The minimum absolute atomic E-state index is 0.00749. The van der Waals surface area contributed by atoms with Gasteiger partial charge in [-0.2, -0.15) is 0 Å². The smallest absolute Gasteiger partial charge is 0.254 e. The minimum atomic E-state index is -3.31. The molecule has 1 unspecified atom stereocenters. The van der Waals surface area contributed by atoms with Crippen LogP contribution in [0.4, 0.5) is 10.1 Å². The molecule has 0 fully saturated rings. The lowest BCUT2D eigenvalue weighted by Gasteiger charge is -2.15. The normalized spacial score (nSPS) is 12.1. The molecule has 0 saturated carbocycles. The highest BCUT2D eigenvalue weighted by Gasteiger charge is 2.17. The van der Waals surface area contributed by atoms with E-state index in [-0.39, 0.29) is 34.4 Å². The van der Waals surface area contributed by atoms with Gasteiger partial charge in [-0.15, -0.1) is 0 Å². The molecule has 178 valence electrons. The summed E-state index contributed by atoms with van der Waals surface area (Å²) in [5.74, 6) is -1.77. The number of carbonyl (C=O) groups excluding carboxylic acids is 2. The van der Waals surface area contributed by atoms with Gasteiger partial charge in [0.1, 0.15) is 5.82 Å². The lowest BCUT2D eigenvalue weighted by molar-refractivity contribution is -0.115. The second-order valence-corrected chi connectivity index (χ2v) is 10.4. The number of sulfone groups is 1. The van der Waals surface area contributed by atoms with Gasteiger partial charge in [-0.05, 0) is 60.5 Å². The highest BCUT2D eigenvalue weighted by molar-refractivity contribution is 7.91. The number of halogens is 2.